The molecular weight excluding hydrogens is 282 g/mol. The summed E-state index contributed by atoms with van der Waals surface area (Å²) >= 11 is 1.18. The predicted molar refractivity (Wildman–Crippen MR) is 77.1 cm³/mol. The van der Waals surface area contributed by atoms with Crippen LogP contribution in [0.4, 0.5) is 5.69 Å². The number of thiophene rings is 1. The van der Waals surface area contributed by atoms with Gasteiger partial charge in [0.25, 0.3) is 10.0 Å². The number of aliphatic hydroxyl groups is 1. The molecule has 0 fully saturated rings. The second-order valence-corrected chi connectivity index (χ2v) is 7.25. The third-order valence-electron chi connectivity index (χ3n) is 2.53. The van der Waals surface area contributed by atoms with Crippen LogP contribution in [0.25, 0.3) is 0 Å². The number of hydrogen-bond donors (Lipinski definition) is 2. The number of rotatable bonds is 5. The first kappa shape index (κ1) is 14.0. The Morgan fingerprint density at radius 1 is 1.26 bits per heavy atom. The monoisotopic (exact) mass is 297 g/mol. The molecule has 4 nitrogen and oxygen atoms in total. The molecule has 0 spiro atoms. The topological polar surface area (TPSA) is 66.4 Å². The van der Waals surface area contributed by atoms with Crippen molar-refractivity contribution in [3.05, 3.63) is 46.8 Å². The van der Waals surface area contributed by atoms with Crippen molar-refractivity contribution < 1.29 is 13.5 Å². The normalized spacial score (nSPS) is 11.5. The van der Waals surface area contributed by atoms with Crippen LogP contribution in [0.1, 0.15) is 10.4 Å². The lowest BCUT2D eigenvalue weighted by molar-refractivity contribution is 0.300. The van der Waals surface area contributed by atoms with Gasteiger partial charge in [0, 0.05) is 23.6 Å². The molecule has 2 rings (SSSR count). The maximum Gasteiger partial charge on any atom is 0.271 e. The van der Waals surface area contributed by atoms with Crippen LogP contribution in [0.3, 0.4) is 0 Å². The van der Waals surface area contributed by atoms with Gasteiger partial charge in [-0.05, 0) is 36.8 Å². The van der Waals surface area contributed by atoms with Gasteiger partial charge in [-0.2, -0.15) is 0 Å². The number of anilines is 1. The summed E-state index contributed by atoms with van der Waals surface area (Å²) in [4.78, 5) is 0.854. The predicted octanol–water partition coefficient (Wildman–Crippen LogP) is 2.39. The number of sulfonamides is 1. The van der Waals surface area contributed by atoms with E-state index in [2.05, 4.69) is 4.72 Å². The summed E-state index contributed by atoms with van der Waals surface area (Å²) in [6.07, 6.45) is 0.477. The standard InChI is InChI=1S/C13H15NO3S2/c1-10-3-2-4-11(9-10)14-19(16,17)13-6-5-12(18-13)7-8-15/h2-6,9,14-15H,7-8H2,1H3. The highest BCUT2D eigenvalue weighted by molar-refractivity contribution is 7.94. The van der Waals surface area contributed by atoms with E-state index in [0.717, 1.165) is 10.4 Å². The van der Waals surface area contributed by atoms with Crippen molar-refractivity contribution in [3.8, 4) is 0 Å². The zero-order valence-electron chi connectivity index (χ0n) is 10.5. The minimum Gasteiger partial charge on any atom is -0.396 e. The molecule has 0 radical (unpaired) electrons. The van der Waals surface area contributed by atoms with Gasteiger partial charge in [0.15, 0.2) is 0 Å². The van der Waals surface area contributed by atoms with Gasteiger partial charge in [-0.25, -0.2) is 8.42 Å². The highest BCUT2D eigenvalue weighted by atomic mass is 32.2. The van der Waals surface area contributed by atoms with Crippen molar-refractivity contribution in [2.75, 3.05) is 11.3 Å². The summed E-state index contributed by atoms with van der Waals surface area (Å²) in [6.45, 7) is 1.92. The summed E-state index contributed by atoms with van der Waals surface area (Å²) in [5, 5.41) is 8.84. The van der Waals surface area contributed by atoms with E-state index in [9.17, 15) is 8.42 Å². The molecule has 6 heteroatoms. The Morgan fingerprint density at radius 2 is 2.05 bits per heavy atom. The molecule has 1 aromatic heterocycles. The van der Waals surface area contributed by atoms with Crippen molar-refractivity contribution in [2.24, 2.45) is 0 Å². The van der Waals surface area contributed by atoms with Crippen molar-refractivity contribution in [1.29, 1.82) is 0 Å². The van der Waals surface area contributed by atoms with Crippen LogP contribution in [-0.4, -0.2) is 20.1 Å². The zero-order valence-corrected chi connectivity index (χ0v) is 12.1. The lowest BCUT2D eigenvalue weighted by atomic mass is 10.2. The largest absolute Gasteiger partial charge is 0.396 e. The van der Waals surface area contributed by atoms with Crippen LogP contribution in [0.15, 0.2) is 40.6 Å². The van der Waals surface area contributed by atoms with Crippen molar-refractivity contribution >= 4 is 27.0 Å². The number of hydrogen-bond acceptors (Lipinski definition) is 4. The summed E-state index contributed by atoms with van der Waals surface area (Å²) in [6, 6.07) is 10.5. The third-order valence-corrected chi connectivity index (χ3v) is 5.55. The number of aliphatic hydroxyl groups excluding tert-OH is 1. The van der Waals surface area contributed by atoms with Crippen LogP contribution in [-0.2, 0) is 16.4 Å². The molecule has 0 aliphatic carbocycles. The quantitative estimate of drug-likeness (QED) is 0.890. The Morgan fingerprint density at radius 3 is 2.74 bits per heavy atom. The van der Waals surface area contributed by atoms with Crippen molar-refractivity contribution in [2.45, 2.75) is 17.6 Å². The lowest BCUT2D eigenvalue weighted by Crippen LogP contribution is -2.11. The fourth-order valence-electron chi connectivity index (χ4n) is 1.66. The first-order valence-electron chi connectivity index (χ1n) is 5.80. The highest BCUT2D eigenvalue weighted by Crippen LogP contribution is 2.24. The fourth-order valence-corrected chi connectivity index (χ4v) is 4.06. The average molecular weight is 297 g/mol. The molecule has 102 valence electrons. The average Bonchev–Trinajstić information content (AvgIpc) is 2.78. The van der Waals surface area contributed by atoms with Crippen LogP contribution in [0.5, 0.6) is 0 Å². The molecule has 19 heavy (non-hydrogen) atoms. The first-order chi connectivity index (χ1) is 9.01. The van der Waals surface area contributed by atoms with Gasteiger partial charge in [-0.1, -0.05) is 12.1 Å². The van der Waals surface area contributed by atoms with E-state index in [1.54, 1.807) is 30.3 Å². The molecular formula is C13H15NO3S2. The molecule has 0 aliphatic heterocycles. The molecule has 0 saturated carbocycles. The second kappa shape index (κ2) is 5.73. The molecule has 0 atom stereocenters. The molecule has 0 saturated heterocycles. The molecule has 1 heterocycles. The Hall–Kier alpha value is -1.37. The number of aryl methyl sites for hydroxylation is 1. The van der Waals surface area contributed by atoms with E-state index in [1.165, 1.54) is 11.3 Å². The smallest absolute Gasteiger partial charge is 0.271 e. The SMILES string of the molecule is Cc1cccc(NS(=O)(=O)c2ccc(CCO)s2)c1. The van der Waals surface area contributed by atoms with E-state index >= 15 is 0 Å². The number of benzene rings is 1. The molecule has 0 unspecified atom stereocenters. The Bertz CT molecular complexity index is 662. The Kier molecular flexibility index (Phi) is 4.24. The maximum absolute atomic E-state index is 12.2. The van der Waals surface area contributed by atoms with Crippen molar-refractivity contribution in [3.63, 3.8) is 0 Å². The maximum atomic E-state index is 12.2. The van der Waals surface area contributed by atoms with E-state index in [4.69, 9.17) is 5.11 Å². The van der Waals surface area contributed by atoms with Gasteiger partial charge in [-0.3, -0.25) is 4.72 Å². The van der Waals surface area contributed by atoms with Gasteiger partial charge < -0.3 is 5.11 Å². The number of nitrogens with one attached hydrogen (secondary N) is 1. The lowest BCUT2D eigenvalue weighted by Gasteiger charge is -2.06. The third kappa shape index (κ3) is 3.56. The van der Waals surface area contributed by atoms with E-state index in [1.807, 2.05) is 13.0 Å². The van der Waals surface area contributed by atoms with Gasteiger partial charge >= 0.3 is 0 Å². The van der Waals surface area contributed by atoms with Crippen LogP contribution >= 0.6 is 11.3 Å². The first-order valence-corrected chi connectivity index (χ1v) is 8.10. The zero-order chi connectivity index (χ0) is 13.9. The Balaban J connectivity index is 2.22. The molecule has 0 bridgehead atoms. The van der Waals surface area contributed by atoms with Crippen LogP contribution < -0.4 is 4.72 Å². The van der Waals surface area contributed by atoms with Gasteiger partial charge in [0.1, 0.15) is 4.21 Å². The molecule has 2 N–H and O–H groups in total. The van der Waals surface area contributed by atoms with E-state index in [-0.39, 0.29) is 10.8 Å². The fraction of sp³-hybridized carbons (Fsp3) is 0.231. The van der Waals surface area contributed by atoms with E-state index < -0.39 is 10.0 Å². The minimum atomic E-state index is -3.54. The summed E-state index contributed by atoms with van der Waals surface area (Å²) in [5.41, 5.74) is 1.55. The van der Waals surface area contributed by atoms with Gasteiger partial charge in [-0.15, -0.1) is 11.3 Å². The van der Waals surface area contributed by atoms with E-state index in [0.29, 0.717) is 12.1 Å². The Labute approximate surface area is 116 Å². The molecule has 2 aromatic rings. The van der Waals surface area contributed by atoms with Crippen LogP contribution in [0.2, 0.25) is 0 Å². The highest BCUT2D eigenvalue weighted by Gasteiger charge is 2.16. The van der Waals surface area contributed by atoms with Gasteiger partial charge in [0.2, 0.25) is 0 Å². The molecule has 0 aliphatic rings. The van der Waals surface area contributed by atoms with Crippen molar-refractivity contribution in [1.82, 2.24) is 0 Å². The summed E-state index contributed by atoms with van der Waals surface area (Å²) in [5.74, 6) is 0. The van der Waals surface area contributed by atoms with Gasteiger partial charge in [0.05, 0.1) is 0 Å². The summed E-state index contributed by atoms with van der Waals surface area (Å²) < 4.78 is 27.1. The summed E-state index contributed by atoms with van der Waals surface area (Å²) in [7, 11) is -3.54. The second-order valence-electron chi connectivity index (χ2n) is 4.17. The van der Waals surface area contributed by atoms with Crippen LogP contribution in [0, 0.1) is 6.92 Å². The molecule has 1 aromatic carbocycles. The minimum absolute atomic E-state index is 0.0192. The molecule has 0 amide bonds.